The molecule has 1 aromatic heterocycles. The number of hydrogen-bond donors (Lipinski definition) is 2. The van der Waals surface area contributed by atoms with E-state index in [1.165, 1.54) is 6.07 Å². The Kier molecular flexibility index (Phi) is 9.03. The molecule has 2 aromatic carbocycles. The summed E-state index contributed by atoms with van der Waals surface area (Å²) in [6.07, 6.45) is 1.01. The number of likely N-dealkylation sites (tertiary alicyclic amines) is 1. The SMILES string of the molecule is CCN1C[C@@H](NC(=O)Nc2c(C)c(OCC3CCN(C(C)=O)CC3)nn2-c2ccccc2)[C@H](c2ccc(F)c(F)c2)O1. The van der Waals surface area contributed by atoms with Gasteiger partial charge in [0.25, 0.3) is 0 Å². The number of amides is 3. The zero-order valence-electron chi connectivity index (χ0n) is 24.0. The lowest BCUT2D eigenvalue weighted by atomic mass is 9.98. The topological polar surface area (TPSA) is 101 Å². The van der Waals surface area contributed by atoms with Crippen LogP contribution in [0.15, 0.2) is 48.5 Å². The zero-order valence-corrected chi connectivity index (χ0v) is 24.0. The Labute approximate surface area is 243 Å². The van der Waals surface area contributed by atoms with E-state index in [9.17, 15) is 18.4 Å². The molecule has 3 heterocycles. The molecule has 2 fully saturated rings. The smallest absolute Gasteiger partial charge is 0.320 e. The second kappa shape index (κ2) is 12.9. The second-order valence-electron chi connectivity index (χ2n) is 10.7. The molecule has 5 rings (SSSR count). The van der Waals surface area contributed by atoms with Crippen LogP contribution >= 0.6 is 0 Å². The molecule has 0 bridgehead atoms. The molecule has 10 nitrogen and oxygen atoms in total. The van der Waals surface area contributed by atoms with Gasteiger partial charge >= 0.3 is 6.03 Å². The molecular formula is C30H36F2N6O4. The number of ether oxygens (including phenoxy) is 1. The van der Waals surface area contributed by atoms with Gasteiger partial charge in [-0.2, -0.15) is 5.06 Å². The molecule has 42 heavy (non-hydrogen) atoms. The number of likely N-dealkylation sites (N-methyl/N-ethyl adjacent to an activating group) is 1. The first-order valence-electron chi connectivity index (χ1n) is 14.2. The molecule has 2 aliphatic rings. The van der Waals surface area contributed by atoms with E-state index in [4.69, 9.17) is 9.57 Å². The van der Waals surface area contributed by atoms with Crippen LogP contribution in [-0.4, -0.2) is 70.5 Å². The van der Waals surface area contributed by atoms with Crippen LogP contribution in [0.4, 0.5) is 19.4 Å². The summed E-state index contributed by atoms with van der Waals surface area (Å²) >= 11 is 0. The van der Waals surface area contributed by atoms with E-state index in [1.807, 2.05) is 49.1 Å². The maximum atomic E-state index is 14.0. The fourth-order valence-electron chi connectivity index (χ4n) is 5.34. The molecule has 12 heteroatoms. The summed E-state index contributed by atoms with van der Waals surface area (Å²) in [7, 11) is 0. The number of rotatable bonds is 8. The lowest BCUT2D eigenvalue weighted by molar-refractivity contribution is -0.144. The molecule has 2 saturated heterocycles. The third-order valence-corrected chi connectivity index (χ3v) is 7.80. The number of aromatic nitrogens is 2. The van der Waals surface area contributed by atoms with Gasteiger partial charge in [-0.1, -0.05) is 31.2 Å². The Morgan fingerprint density at radius 1 is 1.10 bits per heavy atom. The van der Waals surface area contributed by atoms with Crippen molar-refractivity contribution in [2.24, 2.45) is 5.92 Å². The summed E-state index contributed by atoms with van der Waals surface area (Å²) in [5.74, 6) is -0.703. The van der Waals surface area contributed by atoms with Crippen LogP contribution in [0, 0.1) is 24.5 Å². The van der Waals surface area contributed by atoms with E-state index in [2.05, 4.69) is 15.7 Å². The first kappa shape index (κ1) is 29.5. The highest BCUT2D eigenvalue weighted by Crippen LogP contribution is 2.32. The molecule has 3 aromatic rings. The number of benzene rings is 2. The van der Waals surface area contributed by atoms with Crippen LogP contribution in [-0.2, 0) is 9.63 Å². The van der Waals surface area contributed by atoms with Gasteiger partial charge in [0, 0.05) is 33.1 Å². The van der Waals surface area contributed by atoms with E-state index in [0.717, 1.165) is 30.7 Å². The maximum Gasteiger partial charge on any atom is 0.320 e. The van der Waals surface area contributed by atoms with E-state index < -0.39 is 29.8 Å². The highest BCUT2D eigenvalue weighted by molar-refractivity contribution is 5.90. The van der Waals surface area contributed by atoms with Crippen molar-refractivity contribution in [2.45, 2.75) is 45.8 Å². The number of nitrogens with one attached hydrogen (secondary N) is 2. The van der Waals surface area contributed by atoms with Crippen molar-refractivity contribution in [3.63, 3.8) is 0 Å². The van der Waals surface area contributed by atoms with Crippen LogP contribution in [0.2, 0.25) is 0 Å². The van der Waals surface area contributed by atoms with Crippen molar-refractivity contribution >= 4 is 17.8 Å². The van der Waals surface area contributed by atoms with Crippen molar-refractivity contribution in [3.8, 4) is 11.6 Å². The number of anilines is 1. The lowest BCUT2D eigenvalue weighted by Crippen LogP contribution is -2.42. The number of hydrogen-bond acceptors (Lipinski definition) is 6. The van der Waals surface area contributed by atoms with Crippen molar-refractivity contribution < 1.29 is 27.9 Å². The monoisotopic (exact) mass is 582 g/mol. The van der Waals surface area contributed by atoms with Crippen LogP contribution in [0.5, 0.6) is 5.88 Å². The van der Waals surface area contributed by atoms with Gasteiger partial charge in [0.05, 0.1) is 23.9 Å². The average Bonchev–Trinajstić information content (AvgIpc) is 3.54. The predicted molar refractivity (Wildman–Crippen MR) is 152 cm³/mol. The maximum absolute atomic E-state index is 14.0. The average molecular weight is 583 g/mol. The normalized spacial score (nSPS) is 19.6. The number of carbonyl (C=O) groups is 2. The Morgan fingerprint density at radius 2 is 1.83 bits per heavy atom. The van der Waals surface area contributed by atoms with Crippen molar-refractivity contribution in [3.05, 3.63) is 71.3 Å². The van der Waals surface area contributed by atoms with Gasteiger partial charge in [0.15, 0.2) is 11.6 Å². The first-order chi connectivity index (χ1) is 20.2. The summed E-state index contributed by atoms with van der Waals surface area (Å²) in [6, 6.07) is 12.0. The number of hydroxylamine groups is 2. The Hall–Kier alpha value is -4.03. The molecule has 0 unspecified atom stereocenters. The standard InChI is InChI=1S/C30H36F2N6O4/c1-4-37-17-26(27(42-37)22-10-11-24(31)25(32)16-22)33-30(40)34-28-19(2)29(35-38(28)23-8-6-5-7-9-23)41-18-21-12-14-36(15-13-21)20(3)39/h5-11,16,21,26-27H,4,12-15,17-18H2,1-3H3,(H2,33,34,40)/t26-,27+/m1/s1. The quantitative estimate of drug-likeness (QED) is 0.403. The third-order valence-electron chi connectivity index (χ3n) is 7.80. The number of piperidine rings is 1. The molecule has 2 atom stereocenters. The van der Waals surface area contributed by atoms with Gasteiger partial charge in [0.1, 0.15) is 11.9 Å². The number of para-hydroxylation sites is 1. The molecule has 0 radical (unpaired) electrons. The first-order valence-corrected chi connectivity index (χ1v) is 14.2. The summed E-state index contributed by atoms with van der Waals surface area (Å²) in [5.41, 5.74) is 1.82. The molecule has 224 valence electrons. The second-order valence-corrected chi connectivity index (χ2v) is 10.7. The summed E-state index contributed by atoms with van der Waals surface area (Å²) in [6.45, 7) is 8.10. The lowest BCUT2D eigenvalue weighted by Gasteiger charge is -2.30. The predicted octanol–water partition coefficient (Wildman–Crippen LogP) is 4.59. The van der Waals surface area contributed by atoms with Crippen LogP contribution in [0.3, 0.4) is 0 Å². The van der Waals surface area contributed by atoms with Gasteiger partial charge < -0.3 is 15.0 Å². The number of nitrogens with zero attached hydrogens (tertiary/aromatic N) is 4. The fourth-order valence-corrected chi connectivity index (χ4v) is 5.34. The number of urea groups is 1. The summed E-state index contributed by atoms with van der Waals surface area (Å²) < 4.78 is 35.3. The number of halogens is 2. The zero-order chi connectivity index (χ0) is 29.8. The molecule has 3 amide bonds. The minimum atomic E-state index is -0.978. The van der Waals surface area contributed by atoms with Crippen molar-refractivity contribution in [1.29, 1.82) is 0 Å². The van der Waals surface area contributed by atoms with E-state index in [1.54, 1.807) is 16.7 Å². The molecule has 0 aliphatic carbocycles. The number of carbonyl (C=O) groups excluding carboxylic acids is 2. The van der Waals surface area contributed by atoms with Crippen LogP contribution in [0.25, 0.3) is 5.69 Å². The van der Waals surface area contributed by atoms with E-state index >= 15 is 0 Å². The van der Waals surface area contributed by atoms with Crippen molar-refractivity contribution in [1.82, 2.24) is 25.1 Å². The highest BCUT2D eigenvalue weighted by atomic mass is 19.2. The summed E-state index contributed by atoms with van der Waals surface area (Å²) in [4.78, 5) is 32.8. The van der Waals surface area contributed by atoms with Crippen LogP contribution in [0.1, 0.15) is 43.9 Å². The third kappa shape index (κ3) is 6.55. The minimum absolute atomic E-state index is 0.0866. The van der Waals surface area contributed by atoms with E-state index in [-0.39, 0.29) is 5.91 Å². The molecule has 0 saturated carbocycles. The van der Waals surface area contributed by atoms with Gasteiger partial charge in [-0.15, -0.1) is 5.10 Å². The Bertz CT molecular complexity index is 1410. The largest absolute Gasteiger partial charge is 0.476 e. The molecule has 2 aliphatic heterocycles. The molecular weight excluding hydrogens is 546 g/mol. The fraction of sp³-hybridized carbons (Fsp3) is 0.433. The Balaban J connectivity index is 1.32. The van der Waals surface area contributed by atoms with Gasteiger partial charge in [-0.25, -0.2) is 18.3 Å². The minimum Gasteiger partial charge on any atom is -0.476 e. The van der Waals surface area contributed by atoms with Crippen LogP contribution < -0.4 is 15.4 Å². The highest BCUT2D eigenvalue weighted by Gasteiger charge is 2.36. The molecule has 0 spiro atoms. The van der Waals surface area contributed by atoms with Gasteiger partial charge in [-0.05, 0) is 55.5 Å². The molecule has 2 N–H and O–H groups in total. The van der Waals surface area contributed by atoms with Gasteiger partial charge in [-0.3, -0.25) is 14.9 Å². The Morgan fingerprint density at radius 3 is 2.50 bits per heavy atom. The van der Waals surface area contributed by atoms with E-state index in [0.29, 0.717) is 61.5 Å². The van der Waals surface area contributed by atoms with Gasteiger partial charge in [0.2, 0.25) is 11.8 Å². The summed E-state index contributed by atoms with van der Waals surface area (Å²) in [5, 5.41) is 12.2. The van der Waals surface area contributed by atoms with Crippen molar-refractivity contribution in [2.75, 3.05) is 38.1 Å².